The van der Waals surface area contributed by atoms with Crippen LogP contribution in [0.15, 0.2) is 24.3 Å². The second-order valence-corrected chi connectivity index (χ2v) is 18.2. The summed E-state index contributed by atoms with van der Waals surface area (Å²) in [6.07, 6.45) is 61.5. The van der Waals surface area contributed by atoms with Gasteiger partial charge in [0.05, 0.1) is 0 Å². The molecule has 0 aliphatic rings. The zero-order valence-corrected chi connectivity index (χ0v) is 40.7. The van der Waals surface area contributed by atoms with Crippen LogP contribution >= 0.6 is 0 Å². The third kappa shape index (κ3) is 49.0. The fraction of sp³-hybridized carbons (Fsp3) is 0.891. The minimum atomic E-state index is -0.455. The van der Waals surface area contributed by atoms with E-state index in [9.17, 15) is 9.59 Å². The van der Waals surface area contributed by atoms with E-state index < -0.39 is 6.10 Å². The molecule has 0 bridgehead atoms. The van der Waals surface area contributed by atoms with Gasteiger partial charge in [-0.2, -0.15) is 0 Å². The molecule has 0 rings (SSSR count). The molecule has 0 unspecified atom stereocenters. The van der Waals surface area contributed by atoms with Gasteiger partial charge >= 0.3 is 11.9 Å². The standard InChI is InChI=1S/C55H104O5/c1-4-7-10-13-16-19-22-25-28-30-33-36-39-42-45-48-54(56)59-51-53(58-50-47-44-41-38-35-32-27-24-21-18-15-12-9-6-3)52-60-55(57)49-46-43-40-37-34-31-29-26-23-20-17-14-11-8-5-2/h45-46,48-49,53H,4-44,47,50-52H2,1-3H3. The van der Waals surface area contributed by atoms with Gasteiger partial charge in [-0.05, 0) is 32.1 Å². The van der Waals surface area contributed by atoms with Crippen molar-refractivity contribution in [1.82, 2.24) is 0 Å². The van der Waals surface area contributed by atoms with Crippen LogP contribution in [0.5, 0.6) is 0 Å². The fourth-order valence-corrected chi connectivity index (χ4v) is 8.06. The third-order valence-electron chi connectivity index (χ3n) is 12.1. The predicted molar refractivity (Wildman–Crippen MR) is 261 cm³/mol. The summed E-state index contributed by atoms with van der Waals surface area (Å²) in [5.74, 6) is -0.697. The quantitative estimate of drug-likeness (QED) is 0.0347. The number of allylic oxidation sites excluding steroid dienone is 2. The van der Waals surface area contributed by atoms with E-state index in [-0.39, 0.29) is 25.2 Å². The summed E-state index contributed by atoms with van der Waals surface area (Å²) < 4.78 is 17.2. The molecule has 0 heterocycles. The molecule has 0 fully saturated rings. The first kappa shape index (κ1) is 58.4. The lowest BCUT2D eigenvalue weighted by Crippen LogP contribution is -2.28. The van der Waals surface area contributed by atoms with Gasteiger partial charge in [0.2, 0.25) is 0 Å². The Labute approximate surface area is 375 Å². The molecule has 0 aliphatic carbocycles. The highest BCUT2D eigenvalue weighted by Gasteiger charge is 2.14. The van der Waals surface area contributed by atoms with Crippen LogP contribution in [0.25, 0.3) is 0 Å². The average molecular weight is 845 g/mol. The van der Waals surface area contributed by atoms with Gasteiger partial charge in [0, 0.05) is 18.8 Å². The van der Waals surface area contributed by atoms with Crippen LogP contribution in [0.3, 0.4) is 0 Å². The summed E-state index contributed by atoms with van der Waals surface area (Å²) in [6.45, 7) is 7.61. The van der Waals surface area contributed by atoms with Crippen LogP contribution < -0.4 is 0 Å². The van der Waals surface area contributed by atoms with Crippen molar-refractivity contribution in [3.8, 4) is 0 Å². The number of esters is 2. The molecule has 0 amide bonds. The lowest BCUT2D eigenvalue weighted by Gasteiger charge is -2.17. The van der Waals surface area contributed by atoms with Crippen molar-refractivity contribution >= 4 is 11.9 Å². The maximum absolute atomic E-state index is 12.5. The molecule has 5 heteroatoms. The van der Waals surface area contributed by atoms with Crippen LogP contribution in [0.4, 0.5) is 0 Å². The Morgan fingerprint density at radius 2 is 0.567 bits per heavy atom. The number of ether oxygens (including phenoxy) is 3. The lowest BCUT2D eigenvalue weighted by molar-refractivity contribution is -0.149. The molecule has 60 heavy (non-hydrogen) atoms. The van der Waals surface area contributed by atoms with Crippen LogP contribution in [-0.2, 0) is 23.8 Å². The Morgan fingerprint density at radius 1 is 0.333 bits per heavy atom. The Bertz CT molecular complexity index is 857. The van der Waals surface area contributed by atoms with Gasteiger partial charge in [0.15, 0.2) is 0 Å². The van der Waals surface area contributed by atoms with Crippen molar-refractivity contribution in [1.29, 1.82) is 0 Å². The molecule has 0 radical (unpaired) electrons. The zero-order chi connectivity index (χ0) is 43.5. The van der Waals surface area contributed by atoms with Gasteiger partial charge in [0.25, 0.3) is 0 Å². The molecule has 0 aromatic carbocycles. The summed E-state index contributed by atoms with van der Waals surface area (Å²) in [5.41, 5.74) is 0. The van der Waals surface area contributed by atoms with E-state index in [4.69, 9.17) is 14.2 Å². The monoisotopic (exact) mass is 845 g/mol. The van der Waals surface area contributed by atoms with Crippen LogP contribution in [0.2, 0.25) is 0 Å². The average Bonchev–Trinajstić information content (AvgIpc) is 3.25. The Morgan fingerprint density at radius 3 is 0.833 bits per heavy atom. The van der Waals surface area contributed by atoms with E-state index in [0.717, 1.165) is 38.5 Å². The zero-order valence-electron chi connectivity index (χ0n) is 40.7. The van der Waals surface area contributed by atoms with Gasteiger partial charge in [-0.25, -0.2) is 9.59 Å². The minimum Gasteiger partial charge on any atom is -0.460 e. The van der Waals surface area contributed by atoms with Crippen LogP contribution in [0.1, 0.15) is 290 Å². The minimum absolute atomic E-state index is 0.0937. The first-order valence-electron chi connectivity index (χ1n) is 26.9. The van der Waals surface area contributed by atoms with Crippen molar-refractivity contribution in [3.05, 3.63) is 24.3 Å². The predicted octanol–water partition coefficient (Wildman–Crippen LogP) is 18.0. The normalized spacial score (nSPS) is 12.2. The first-order valence-corrected chi connectivity index (χ1v) is 26.9. The van der Waals surface area contributed by atoms with Gasteiger partial charge in [-0.15, -0.1) is 0 Å². The molecule has 5 nitrogen and oxygen atoms in total. The molecule has 0 atom stereocenters. The van der Waals surface area contributed by atoms with Gasteiger partial charge in [0.1, 0.15) is 19.3 Å². The van der Waals surface area contributed by atoms with Crippen molar-refractivity contribution < 1.29 is 23.8 Å². The van der Waals surface area contributed by atoms with Crippen LogP contribution in [0, 0.1) is 0 Å². The van der Waals surface area contributed by atoms with Crippen LogP contribution in [-0.4, -0.2) is 37.9 Å². The van der Waals surface area contributed by atoms with E-state index in [1.165, 1.54) is 231 Å². The molecule has 0 saturated heterocycles. The molecule has 0 spiro atoms. The fourth-order valence-electron chi connectivity index (χ4n) is 8.06. The number of carbonyl (C=O) groups excluding carboxylic acids is 2. The molecule has 0 aliphatic heterocycles. The number of hydrogen-bond acceptors (Lipinski definition) is 5. The topological polar surface area (TPSA) is 61.8 Å². The highest BCUT2D eigenvalue weighted by atomic mass is 16.6. The van der Waals surface area contributed by atoms with Gasteiger partial charge in [-0.1, -0.05) is 270 Å². The van der Waals surface area contributed by atoms with Crippen molar-refractivity contribution in [2.24, 2.45) is 0 Å². The number of carbonyl (C=O) groups is 2. The van der Waals surface area contributed by atoms with Gasteiger partial charge in [-0.3, -0.25) is 0 Å². The Balaban J connectivity index is 4.29. The summed E-state index contributed by atoms with van der Waals surface area (Å²) in [6, 6.07) is 0. The van der Waals surface area contributed by atoms with E-state index in [2.05, 4.69) is 20.8 Å². The largest absolute Gasteiger partial charge is 0.460 e. The molecule has 0 aromatic heterocycles. The lowest BCUT2D eigenvalue weighted by atomic mass is 10.0. The SMILES string of the molecule is CCCCCCCCCCCCCCCC=CC(=O)OCC(COC(=O)C=CCCCCCCCCCCCCCCC)OCCCCCCCCCCCCCCCC. The van der Waals surface area contributed by atoms with E-state index in [1.54, 1.807) is 12.2 Å². The second-order valence-electron chi connectivity index (χ2n) is 18.2. The van der Waals surface area contributed by atoms with Gasteiger partial charge < -0.3 is 14.2 Å². The number of unbranched alkanes of at least 4 members (excludes halogenated alkanes) is 39. The molecule has 0 N–H and O–H groups in total. The van der Waals surface area contributed by atoms with E-state index >= 15 is 0 Å². The van der Waals surface area contributed by atoms with Crippen molar-refractivity contribution in [3.63, 3.8) is 0 Å². The smallest absolute Gasteiger partial charge is 0.330 e. The molecule has 354 valence electrons. The van der Waals surface area contributed by atoms with E-state index in [1.807, 2.05) is 12.2 Å². The number of hydrogen-bond donors (Lipinski definition) is 0. The van der Waals surface area contributed by atoms with E-state index in [0.29, 0.717) is 6.61 Å². The van der Waals surface area contributed by atoms with Crippen molar-refractivity contribution in [2.45, 2.75) is 297 Å². The summed E-state index contributed by atoms with van der Waals surface area (Å²) in [5, 5.41) is 0. The molecular weight excluding hydrogens is 741 g/mol. The highest BCUT2D eigenvalue weighted by molar-refractivity contribution is 5.82. The maximum Gasteiger partial charge on any atom is 0.330 e. The first-order chi connectivity index (χ1) is 29.6. The molecule has 0 saturated carbocycles. The summed E-state index contributed by atoms with van der Waals surface area (Å²) in [4.78, 5) is 25.0. The third-order valence-corrected chi connectivity index (χ3v) is 12.1. The number of rotatable bonds is 50. The Hall–Kier alpha value is -1.62. The Kier molecular flexibility index (Phi) is 50.3. The molecule has 0 aromatic rings. The summed E-state index contributed by atoms with van der Waals surface area (Å²) >= 11 is 0. The summed E-state index contributed by atoms with van der Waals surface area (Å²) in [7, 11) is 0. The maximum atomic E-state index is 12.5. The highest BCUT2D eigenvalue weighted by Crippen LogP contribution is 2.16. The van der Waals surface area contributed by atoms with Crippen molar-refractivity contribution in [2.75, 3.05) is 19.8 Å². The second kappa shape index (κ2) is 51.7. The molecular formula is C55H104O5.